The molecule has 4 rings (SSSR count). The van der Waals surface area contributed by atoms with Crippen molar-refractivity contribution in [3.63, 3.8) is 0 Å². The van der Waals surface area contributed by atoms with Gasteiger partial charge < -0.3 is 14.4 Å². The number of aryl methyl sites for hydroxylation is 1. The standard InChI is InChI=1S/C15H19N7O2/c1-19-7-10(5-13(19)23)15(24)21-3-4-22-12(9-21)17-18-14(22)11-6-16-20(2)8-11/h6,8,10H,3-5,7,9H2,1-2H3. The maximum atomic E-state index is 12.7. The maximum Gasteiger partial charge on any atom is 0.228 e. The third-order valence-electron chi connectivity index (χ3n) is 4.72. The number of likely N-dealkylation sites (tertiary alicyclic amines) is 1. The number of amides is 2. The van der Waals surface area contributed by atoms with Crippen molar-refractivity contribution in [2.75, 3.05) is 20.1 Å². The number of fused-ring (bicyclic) bond motifs is 1. The van der Waals surface area contributed by atoms with E-state index in [-0.39, 0.29) is 17.7 Å². The Morgan fingerprint density at radius 1 is 1.25 bits per heavy atom. The molecule has 1 atom stereocenters. The predicted molar refractivity (Wildman–Crippen MR) is 83.4 cm³/mol. The summed E-state index contributed by atoms with van der Waals surface area (Å²) in [5.41, 5.74) is 0.916. The van der Waals surface area contributed by atoms with E-state index in [1.165, 1.54) is 0 Å². The molecule has 4 heterocycles. The van der Waals surface area contributed by atoms with Gasteiger partial charge in [-0.05, 0) is 0 Å². The zero-order valence-electron chi connectivity index (χ0n) is 13.7. The van der Waals surface area contributed by atoms with Crippen LogP contribution in [0.3, 0.4) is 0 Å². The molecule has 24 heavy (non-hydrogen) atoms. The van der Waals surface area contributed by atoms with Gasteiger partial charge in [0.2, 0.25) is 11.8 Å². The monoisotopic (exact) mass is 329 g/mol. The maximum absolute atomic E-state index is 12.7. The highest BCUT2D eigenvalue weighted by Crippen LogP contribution is 2.24. The van der Waals surface area contributed by atoms with Crippen LogP contribution in [0.2, 0.25) is 0 Å². The highest BCUT2D eigenvalue weighted by Gasteiger charge is 2.36. The van der Waals surface area contributed by atoms with Crippen molar-refractivity contribution in [1.82, 2.24) is 34.3 Å². The fourth-order valence-electron chi connectivity index (χ4n) is 3.38. The molecule has 0 spiro atoms. The Labute approximate surface area is 138 Å². The van der Waals surface area contributed by atoms with Crippen molar-refractivity contribution >= 4 is 11.8 Å². The first kappa shape index (κ1) is 14.9. The summed E-state index contributed by atoms with van der Waals surface area (Å²) in [6, 6.07) is 0. The van der Waals surface area contributed by atoms with Gasteiger partial charge in [0, 0.05) is 46.3 Å². The summed E-state index contributed by atoms with van der Waals surface area (Å²) in [4.78, 5) is 27.7. The van der Waals surface area contributed by atoms with Crippen LogP contribution in [0.15, 0.2) is 12.4 Å². The van der Waals surface area contributed by atoms with Crippen molar-refractivity contribution in [1.29, 1.82) is 0 Å². The first-order valence-corrected chi connectivity index (χ1v) is 7.97. The van der Waals surface area contributed by atoms with Crippen LogP contribution in [0.4, 0.5) is 0 Å². The fraction of sp³-hybridized carbons (Fsp3) is 0.533. The zero-order valence-corrected chi connectivity index (χ0v) is 13.7. The van der Waals surface area contributed by atoms with Crippen LogP contribution in [0.25, 0.3) is 11.4 Å². The van der Waals surface area contributed by atoms with Crippen molar-refractivity contribution in [2.45, 2.75) is 19.5 Å². The molecule has 0 bridgehead atoms. The molecular weight excluding hydrogens is 310 g/mol. The van der Waals surface area contributed by atoms with Crippen molar-refractivity contribution < 1.29 is 9.59 Å². The van der Waals surface area contributed by atoms with Crippen LogP contribution < -0.4 is 0 Å². The van der Waals surface area contributed by atoms with E-state index in [1.54, 1.807) is 27.7 Å². The summed E-state index contributed by atoms with van der Waals surface area (Å²) >= 11 is 0. The minimum absolute atomic E-state index is 0.0323. The molecule has 2 aliphatic heterocycles. The fourth-order valence-corrected chi connectivity index (χ4v) is 3.38. The lowest BCUT2D eigenvalue weighted by molar-refractivity contribution is -0.137. The lowest BCUT2D eigenvalue weighted by Gasteiger charge is -2.29. The number of hydrogen-bond donors (Lipinski definition) is 0. The molecule has 2 aromatic rings. The van der Waals surface area contributed by atoms with Crippen LogP contribution >= 0.6 is 0 Å². The second-order valence-corrected chi connectivity index (χ2v) is 6.43. The van der Waals surface area contributed by atoms with E-state index in [1.807, 2.05) is 17.8 Å². The topological polar surface area (TPSA) is 89.2 Å². The lowest BCUT2D eigenvalue weighted by atomic mass is 10.1. The van der Waals surface area contributed by atoms with Gasteiger partial charge in [-0.1, -0.05) is 0 Å². The summed E-state index contributed by atoms with van der Waals surface area (Å²) in [6.07, 6.45) is 3.96. The number of nitrogens with zero attached hydrogens (tertiary/aromatic N) is 7. The molecular formula is C15H19N7O2. The summed E-state index contributed by atoms with van der Waals surface area (Å²) in [6.45, 7) is 2.18. The zero-order chi connectivity index (χ0) is 16.8. The summed E-state index contributed by atoms with van der Waals surface area (Å²) in [5.74, 6) is 1.37. The van der Waals surface area contributed by atoms with Gasteiger partial charge >= 0.3 is 0 Å². The van der Waals surface area contributed by atoms with E-state index in [0.717, 1.165) is 17.2 Å². The van der Waals surface area contributed by atoms with E-state index in [4.69, 9.17) is 0 Å². The summed E-state index contributed by atoms with van der Waals surface area (Å²) in [5, 5.41) is 12.7. The van der Waals surface area contributed by atoms with Gasteiger partial charge in [0.05, 0.1) is 24.2 Å². The Morgan fingerprint density at radius 3 is 2.75 bits per heavy atom. The minimum Gasteiger partial charge on any atom is -0.345 e. The minimum atomic E-state index is -0.241. The van der Waals surface area contributed by atoms with Gasteiger partial charge in [-0.2, -0.15) is 5.10 Å². The highest BCUT2D eigenvalue weighted by molar-refractivity contribution is 5.89. The van der Waals surface area contributed by atoms with Crippen LogP contribution in [0, 0.1) is 5.92 Å². The molecule has 2 amide bonds. The van der Waals surface area contributed by atoms with E-state index < -0.39 is 0 Å². The van der Waals surface area contributed by atoms with E-state index in [0.29, 0.717) is 32.6 Å². The second kappa shape index (κ2) is 5.43. The number of hydrogen-bond acceptors (Lipinski definition) is 5. The molecule has 126 valence electrons. The molecule has 1 unspecified atom stereocenters. The van der Waals surface area contributed by atoms with Gasteiger partial charge in [-0.15, -0.1) is 10.2 Å². The Bertz CT molecular complexity index is 809. The Hall–Kier alpha value is -2.71. The van der Waals surface area contributed by atoms with E-state index in [2.05, 4.69) is 15.3 Å². The average molecular weight is 329 g/mol. The number of rotatable bonds is 2. The molecule has 2 aromatic heterocycles. The molecule has 9 nitrogen and oxygen atoms in total. The van der Waals surface area contributed by atoms with Gasteiger partial charge in [-0.3, -0.25) is 14.3 Å². The first-order chi connectivity index (χ1) is 11.5. The molecule has 0 saturated carbocycles. The Balaban J connectivity index is 1.52. The van der Waals surface area contributed by atoms with Gasteiger partial charge in [-0.25, -0.2) is 0 Å². The number of carbonyl (C=O) groups excluding carboxylic acids is 2. The van der Waals surface area contributed by atoms with Crippen molar-refractivity contribution in [3.8, 4) is 11.4 Å². The molecule has 0 aromatic carbocycles. The van der Waals surface area contributed by atoms with Gasteiger partial charge in [0.1, 0.15) is 0 Å². The van der Waals surface area contributed by atoms with Crippen LogP contribution in [0.1, 0.15) is 12.2 Å². The quantitative estimate of drug-likeness (QED) is 0.741. The smallest absolute Gasteiger partial charge is 0.228 e. The van der Waals surface area contributed by atoms with Crippen LogP contribution in [-0.2, 0) is 29.7 Å². The van der Waals surface area contributed by atoms with Crippen molar-refractivity contribution in [2.24, 2.45) is 13.0 Å². The van der Waals surface area contributed by atoms with Crippen LogP contribution in [-0.4, -0.2) is 66.3 Å². The highest BCUT2D eigenvalue weighted by atomic mass is 16.2. The Kier molecular flexibility index (Phi) is 3.36. The second-order valence-electron chi connectivity index (χ2n) is 6.43. The number of carbonyl (C=O) groups is 2. The lowest BCUT2D eigenvalue weighted by Crippen LogP contribution is -2.42. The summed E-state index contributed by atoms with van der Waals surface area (Å²) < 4.78 is 3.76. The molecule has 9 heteroatoms. The normalized spacial score (nSPS) is 20.6. The molecule has 0 N–H and O–H groups in total. The molecule has 0 radical (unpaired) electrons. The SMILES string of the molecule is CN1CC(C(=O)N2CCn3c(nnc3-c3cnn(C)c3)C2)CC1=O. The van der Waals surface area contributed by atoms with Crippen molar-refractivity contribution in [3.05, 3.63) is 18.2 Å². The van der Waals surface area contributed by atoms with Gasteiger partial charge in [0.25, 0.3) is 0 Å². The largest absolute Gasteiger partial charge is 0.345 e. The molecule has 2 aliphatic rings. The summed E-state index contributed by atoms with van der Waals surface area (Å²) in [7, 11) is 3.60. The first-order valence-electron chi connectivity index (χ1n) is 7.97. The third-order valence-corrected chi connectivity index (χ3v) is 4.72. The van der Waals surface area contributed by atoms with E-state index >= 15 is 0 Å². The van der Waals surface area contributed by atoms with Gasteiger partial charge in [0.15, 0.2) is 11.6 Å². The predicted octanol–water partition coefficient (Wildman–Crippen LogP) is -0.501. The number of aromatic nitrogens is 5. The Morgan fingerprint density at radius 2 is 2.08 bits per heavy atom. The third kappa shape index (κ3) is 2.36. The molecule has 1 saturated heterocycles. The molecule has 0 aliphatic carbocycles. The average Bonchev–Trinajstić information content (AvgIpc) is 3.25. The van der Waals surface area contributed by atoms with E-state index in [9.17, 15) is 9.59 Å². The van der Waals surface area contributed by atoms with Crippen LogP contribution in [0.5, 0.6) is 0 Å². The molecule has 1 fully saturated rings.